The molecule has 292 valence electrons. The molecule has 5 atom stereocenters. The minimum Gasteiger partial charge on any atom is -0.471 e. The number of nitrogens with one attached hydrogen (secondary N) is 3. The van der Waals surface area contributed by atoms with Gasteiger partial charge in [0, 0.05) is 12.3 Å². The first-order valence-corrected chi connectivity index (χ1v) is 21.8. The van der Waals surface area contributed by atoms with E-state index < -0.39 is 68.7 Å². The molecule has 0 bridgehead atoms. The van der Waals surface area contributed by atoms with Crippen molar-refractivity contribution in [3.63, 3.8) is 0 Å². The molecule has 0 unspecified atom stereocenters. The number of fused-ring (bicyclic) bond motifs is 3. The highest BCUT2D eigenvalue weighted by Crippen LogP contribution is 2.46. The second-order valence-electron chi connectivity index (χ2n) is 15.3. The van der Waals surface area contributed by atoms with Crippen molar-refractivity contribution in [2.45, 2.75) is 119 Å². The van der Waals surface area contributed by atoms with Gasteiger partial charge in [0.05, 0.1) is 27.7 Å². The number of benzene rings is 1. The second-order valence-corrected chi connectivity index (χ2v) is 18.3. The fourth-order valence-electron chi connectivity index (χ4n) is 7.98. The molecule has 8 rings (SSSR count). The molecule has 5 aliphatic rings. The van der Waals surface area contributed by atoms with Crippen LogP contribution in [0.4, 0.5) is 4.79 Å². The van der Waals surface area contributed by atoms with E-state index in [9.17, 15) is 27.6 Å². The number of hydrogen-bond acceptors (Lipinski definition) is 11. The molecule has 4 heterocycles. The number of para-hydroxylation sites is 2. The zero-order valence-corrected chi connectivity index (χ0v) is 32.1. The SMILES string of the molecule is O=C(N[C@H]1CCCCC/C=C\[C@@H]2C[C@@]2(C(=O)NS(=O)(=O)C2CC2)NC(=O)[C@@H]2C[C@@H](Oc3nc4ccccc4nc3-c3cccs3)CN2C1=O)OC1CCCC1. The molecule has 3 aromatic rings. The Bertz CT molecular complexity index is 2080. The molecule has 3 N–H and O–H groups in total. The number of amides is 4. The van der Waals surface area contributed by atoms with Crippen LogP contribution in [0.3, 0.4) is 0 Å². The first-order chi connectivity index (χ1) is 26.6. The fourth-order valence-corrected chi connectivity index (χ4v) is 10.0. The number of carbonyl (C=O) groups is 4. The van der Waals surface area contributed by atoms with Gasteiger partial charge in [-0.25, -0.2) is 23.2 Å². The molecule has 2 aromatic heterocycles. The van der Waals surface area contributed by atoms with E-state index in [-0.39, 0.29) is 31.4 Å². The average molecular weight is 791 g/mol. The predicted molar refractivity (Wildman–Crippen MR) is 204 cm³/mol. The third-order valence-electron chi connectivity index (χ3n) is 11.3. The van der Waals surface area contributed by atoms with Crippen LogP contribution < -0.4 is 20.1 Å². The van der Waals surface area contributed by atoms with Gasteiger partial charge in [-0.1, -0.05) is 43.2 Å². The number of ether oxygens (including phenoxy) is 2. The van der Waals surface area contributed by atoms with E-state index in [4.69, 9.17) is 19.4 Å². The Kier molecular flexibility index (Phi) is 10.5. The van der Waals surface area contributed by atoms with E-state index in [2.05, 4.69) is 15.4 Å². The number of thiophene rings is 1. The highest BCUT2D eigenvalue weighted by Gasteiger charge is 2.62. The van der Waals surface area contributed by atoms with Gasteiger partial charge in [-0.2, -0.15) is 0 Å². The smallest absolute Gasteiger partial charge is 0.408 e. The summed E-state index contributed by atoms with van der Waals surface area (Å²) in [4.78, 5) is 67.9. The third kappa shape index (κ3) is 8.20. The van der Waals surface area contributed by atoms with Gasteiger partial charge in [-0.05, 0) is 87.8 Å². The van der Waals surface area contributed by atoms with E-state index in [0.717, 1.165) is 43.4 Å². The Hall–Kier alpha value is -4.57. The van der Waals surface area contributed by atoms with Gasteiger partial charge in [-0.3, -0.25) is 19.1 Å². The molecule has 14 nitrogen and oxygen atoms in total. The monoisotopic (exact) mass is 790 g/mol. The van der Waals surface area contributed by atoms with Crippen molar-refractivity contribution in [1.29, 1.82) is 0 Å². The number of aromatic nitrogens is 2. The molecule has 55 heavy (non-hydrogen) atoms. The summed E-state index contributed by atoms with van der Waals surface area (Å²) in [6.07, 6.45) is 10.2. The molecule has 3 aliphatic carbocycles. The Morgan fingerprint density at radius 2 is 1.69 bits per heavy atom. The Morgan fingerprint density at radius 3 is 2.44 bits per heavy atom. The maximum absolute atomic E-state index is 14.6. The molecule has 0 radical (unpaired) electrons. The van der Waals surface area contributed by atoms with Crippen LogP contribution in [0, 0.1) is 5.92 Å². The summed E-state index contributed by atoms with van der Waals surface area (Å²) in [5, 5.41) is 7.03. The Labute approximate surface area is 323 Å². The molecule has 4 amide bonds. The predicted octanol–water partition coefficient (Wildman–Crippen LogP) is 4.75. The summed E-state index contributed by atoms with van der Waals surface area (Å²) in [6.45, 7) is -0.0102. The minimum absolute atomic E-state index is 0.0102. The maximum Gasteiger partial charge on any atom is 0.408 e. The van der Waals surface area contributed by atoms with Gasteiger partial charge in [0.25, 0.3) is 5.91 Å². The number of carbonyl (C=O) groups excluding carboxylic acids is 4. The summed E-state index contributed by atoms with van der Waals surface area (Å²) in [5.41, 5.74) is 0.336. The van der Waals surface area contributed by atoms with E-state index >= 15 is 0 Å². The van der Waals surface area contributed by atoms with Crippen molar-refractivity contribution in [2.75, 3.05) is 6.54 Å². The zero-order valence-electron chi connectivity index (χ0n) is 30.5. The quantitative estimate of drug-likeness (QED) is 0.269. The van der Waals surface area contributed by atoms with Gasteiger partial charge in [0.2, 0.25) is 27.7 Å². The summed E-state index contributed by atoms with van der Waals surface area (Å²) in [6, 6.07) is 9.18. The Morgan fingerprint density at radius 1 is 0.927 bits per heavy atom. The lowest BCUT2D eigenvalue weighted by Crippen LogP contribution is -2.58. The van der Waals surface area contributed by atoms with Gasteiger partial charge in [0.1, 0.15) is 35.5 Å². The largest absolute Gasteiger partial charge is 0.471 e. The summed E-state index contributed by atoms with van der Waals surface area (Å²) in [5.74, 6) is -2.02. The molecule has 1 saturated heterocycles. The summed E-state index contributed by atoms with van der Waals surface area (Å²) in [7, 11) is -3.89. The van der Waals surface area contributed by atoms with E-state index in [1.807, 2.05) is 53.9 Å². The van der Waals surface area contributed by atoms with Gasteiger partial charge < -0.3 is 25.0 Å². The minimum atomic E-state index is -3.89. The second kappa shape index (κ2) is 15.5. The normalized spacial score (nSPS) is 28.3. The molecule has 16 heteroatoms. The van der Waals surface area contributed by atoms with E-state index in [1.165, 1.54) is 16.2 Å². The van der Waals surface area contributed by atoms with Crippen LogP contribution in [0.25, 0.3) is 21.6 Å². The van der Waals surface area contributed by atoms with Crippen LogP contribution in [0.5, 0.6) is 5.88 Å². The number of rotatable bonds is 8. The van der Waals surface area contributed by atoms with E-state index in [0.29, 0.717) is 48.8 Å². The van der Waals surface area contributed by atoms with Gasteiger partial charge >= 0.3 is 6.09 Å². The Balaban J connectivity index is 1.10. The molecule has 0 spiro atoms. The average Bonchev–Trinajstić information content (AvgIpc) is 3.90. The topological polar surface area (TPSA) is 186 Å². The number of sulfonamides is 1. The number of allylic oxidation sites excluding steroid dienone is 1. The van der Waals surface area contributed by atoms with Crippen molar-refractivity contribution in [2.24, 2.45) is 5.92 Å². The van der Waals surface area contributed by atoms with Crippen LogP contribution in [-0.4, -0.2) is 88.7 Å². The standard InChI is InChI=1S/C39H46N6O8S2/c46-34-31-21-26(52-35-33(32-17-10-20-54-32)40-28-14-8-9-15-29(28)41-35)23-45(31)36(47)30(42-38(49)53-25-12-6-7-13-25)16-5-3-1-2-4-11-24-22-39(24,43-34)37(48)44-55(50,51)27-18-19-27/h4,8-11,14-15,17,20,24-27,30-31H,1-3,5-7,12-13,16,18-19,21-23H2,(H,42,49)(H,43,46)(H,44,48)/b11-4-/t24-,26-,30+,31+,39-/m1/s1. The number of nitrogens with zero attached hydrogens (tertiary/aromatic N) is 3. The van der Waals surface area contributed by atoms with Crippen LogP contribution >= 0.6 is 11.3 Å². The molecule has 4 fully saturated rings. The molecule has 3 saturated carbocycles. The van der Waals surface area contributed by atoms with Gasteiger partial charge in [-0.15, -0.1) is 11.3 Å². The van der Waals surface area contributed by atoms with Gasteiger partial charge in [0.15, 0.2) is 0 Å². The lowest BCUT2D eigenvalue weighted by atomic mass is 10.0. The molecule has 1 aromatic carbocycles. The highest BCUT2D eigenvalue weighted by molar-refractivity contribution is 7.91. The molecule has 2 aliphatic heterocycles. The van der Waals surface area contributed by atoms with Crippen LogP contribution in [0.15, 0.2) is 53.9 Å². The molecular weight excluding hydrogens is 745 g/mol. The number of hydrogen-bond donors (Lipinski definition) is 3. The van der Waals surface area contributed by atoms with Crippen molar-refractivity contribution < 1.29 is 37.1 Å². The summed E-state index contributed by atoms with van der Waals surface area (Å²) < 4.78 is 40.2. The van der Waals surface area contributed by atoms with Crippen molar-refractivity contribution >= 4 is 56.2 Å². The van der Waals surface area contributed by atoms with Crippen LogP contribution in [0.2, 0.25) is 0 Å². The van der Waals surface area contributed by atoms with Crippen molar-refractivity contribution in [3.05, 3.63) is 53.9 Å². The van der Waals surface area contributed by atoms with Crippen LogP contribution in [-0.2, 0) is 29.1 Å². The maximum atomic E-state index is 14.6. The first kappa shape index (κ1) is 37.4. The fraction of sp³-hybridized carbons (Fsp3) is 0.538. The highest BCUT2D eigenvalue weighted by atomic mass is 32.2. The van der Waals surface area contributed by atoms with Crippen LogP contribution in [0.1, 0.15) is 83.5 Å². The van der Waals surface area contributed by atoms with Crippen molar-refractivity contribution in [3.8, 4) is 16.5 Å². The zero-order chi connectivity index (χ0) is 38.2. The number of alkyl carbamates (subject to hydrolysis) is 1. The van der Waals surface area contributed by atoms with E-state index in [1.54, 1.807) is 0 Å². The lowest BCUT2D eigenvalue weighted by Gasteiger charge is -2.30. The first-order valence-electron chi connectivity index (χ1n) is 19.4. The van der Waals surface area contributed by atoms with Crippen molar-refractivity contribution in [1.82, 2.24) is 30.2 Å². The molecular formula is C39H46N6O8S2. The lowest BCUT2D eigenvalue weighted by molar-refractivity contribution is -0.141. The third-order valence-corrected chi connectivity index (χ3v) is 14.0. The summed E-state index contributed by atoms with van der Waals surface area (Å²) >= 11 is 1.48.